The van der Waals surface area contributed by atoms with E-state index in [2.05, 4.69) is 20.5 Å². The van der Waals surface area contributed by atoms with Gasteiger partial charge in [-0.3, -0.25) is 0 Å². The number of carbonyl (C=O) groups is 1. The average molecular weight is 265 g/mol. The summed E-state index contributed by atoms with van der Waals surface area (Å²) < 4.78 is 5.09. The van der Waals surface area contributed by atoms with Gasteiger partial charge in [-0.2, -0.15) is 5.10 Å². The van der Waals surface area contributed by atoms with Crippen LogP contribution in [0.15, 0.2) is 0 Å². The Hall–Kier alpha value is -1.76. The Bertz CT molecular complexity index is 465. The normalized spacial score (nSPS) is 19.3. The van der Waals surface area contributed by atoms with Crippen molar-refractivity contribution in [3.63, 3.8) is 0 Å². The van der Waals surface area contributed by atoms with Crippen molar-refractivity contribution in [2.24, 2.45) is 0 Å². The van der Waals surface area contributed by atoms with Gasteiger partial charge >= 0.3 is 5.97 Å². The van der Waals surface area contributed by atoms with E-state index < -0.39 is 6.04 Å². The van der Waals surface area contributed by atoms with Gasteiger partial charge in [-0.1, -0.05) is 0 Å². The number of rotatable bonds is 3. The van der Waals surface area contributed by atoms with E-state index in [1.165, 1.54) is 0 Å². The fourth-order valence-electron chi connectivity index (χ4n) is 1.96. The zero-order valence-corrected chi connectivity index (χ0v) is 11.5. The second-order valence-electron chi connectivity index (χ2n) is 4.45. The second kappa shape index (κ2) is 5.92. The van der Waals surface area contributed by atoms with Crippen LogP contribution in [-0.4, -0.2) is 53.4 Å². The predicted molar refractivity (Wildman–Crippen MR) is 69.9 cm³/mol. The molecular weight excluding hydrogens is 246 g/mol. The summed E-state index contributed by atoms with van der Waals surface area (Å²) in [6.45, 7) is 7.89. The molecule has 0 amide bonds. The predicted octanol–water partition coefficient (Wildman–Crippen LogP) is -0.170. The summed E-state index contributed by atoms with van der Waals surface area (Å²) in [5, 5.41) is 11.3. The first kappa shape index (κ1) is 13.7. The lowest BCUT2D eigenvalue weighted by Gasteiger charge is -2.34. The number of aryl methyl sites for hydroxylation is 2. The van der Waals surface area contributed by atoms with Gasteiger partial charge in [0.2, 0.25) is 5.95 Å². The first-order valence-corrected chi connectivity index (χ1v) is 6.45. The smallest absolute Gasteiger partial charge is 0.330 e. The number of hydrogen-bond acceptors (Lipinski definition) is 7. The summed E-state index contributed by atoms with van der Waals surface area (Å²) in [6, 6.07) is -0.391. The molecule has 2 rings (SSSR count). The number of ether oxygens (including phenoxy) is 1. The van der Waals surface area contributed by atoms with Crippen LogP contribution in [0.4, 0.5) is 5.95 Å². The zero-order chi connectivity index (χ0) is 13.8. The highest BCUT2D eigenvalue weighted by Gasteiger charge is 2.31. The third-order valence-electron chi connectivity index (χ3n) is 3.14. The van der Waals surface area contributed by atoms with E-state index >= 15 is 0 Å². The monoisotopic (exact) mass is 265 g/mol. The first-order valence-electron chi connectivity index (χ1n) is 6.45. The minimum atomic E-state index is -0.391. The Labute approximate surface area is 112 Å². The van der Waals surface area contributed by atoms with Crippen molar-refractivity contribution in [2.45, 2.75) is 26.8 Å². The first-order chi connectivity index (χ1) is 9.13. The van der Waals surface area contributed by atoms with Gasteiger partial charge in [0.05, 0.1) is 18.0 Å². The topological polar surface area (TPSA) is 80.2 Å². The Morgan fingerprint density at radius 3 is 2.89 bits per heavy atom. The Morgan fingerprint density at radius 2 is 2.21 bits per heavy atom. The number of esters is 1. The molecular formula is C12H19N5O2. The molecule has 19 heavy (non-hydrogen) atoms. The highest BCUT2D eigenvalue weighted by molar-refractivity contribution is 5.80. The summed E-state index contributed by atoms with van der Waals surface area (Å²) in [7, 11) is 0. The van der Waals surface area contributed by atoms with E-state index in [4.69, 9.17) is 4.74 Å². The van der Waals surface area contributed by atoms with Crippen LogP contribution >= 0.6 is 0 Å². The van der Waals surface area contributed by atoms with Gasteiger partial charge in [-0.25, -0.2) is 9.78 Å². The van der Waals surface area contributed by atoms with Crippen LogP contribution in [0.3, 0.4) is 0 Å². The van der Waals surface area contributed by atoms with E-state index in [-0.39, 0.29) is 5.97 Å². The van der Waals surface area contributed by atoms with Crippen LogP contribution in [0.1, 0.15) is 18.3 Å². The van der Waals surface area contributed by atoms with Crippen LogP contribution in [0.25, 0.3) is 0 Å². The molecule has 1 saturated heterocycles. The lowest BCUT2D eigenvalue weighted by molar-refractivity contribution is -0.144. The molecule has 7 nitrogen and oxygen atoms in total. The third-order valence-corrected chi connectivity index (χ3v) is 3.14. The van der Waals surface area contributed by atoms with Gasteiger partial charge in [0.25, 0.3) is 0 Å². The molecule has 0 aromatic carbocycles. The standard InChI is InChI=1S/C12H19N5O2/c1-4-19-11(18)10-7-13-5-6-17(10)12-14-8(2)9(3)15-16-12/h10,13H,4-7H2,1-3H3. The van der Waals surface area contributed by atoms with E-state index in [0.717, 1.165) is 17.9 Å². The molecule has 2 heterocycles. The molecule has 1 unspecified atom stereocenters. The maximum Gasteiger partial charge on any atom is 0.330 e. The number of hydrogen-bond donors (Lipinski definition) is 1. The highest BCUT2D eigenvalue weighted by Crippen LogP contribution is 2.14. The number of nitrogens with zero attached hydrogens (tertiary/aromatic N) is 4. The van der Waals surface area contributed by atoms with Gasteiger partial charge in [0, 0.05) is 19.6 Å². The van der Waals surface area contributed by atoms with Crippen molar-refractivity contribution in [3.8, 4) is 0 Å². The van der Waals surface area contributed by atoms with Crippen LogP contribution in [0, 0.1) is 13.8 Å². The molecule has 1 aromatic rings. The quantitative estimate of drug-likeness (QED) is 0.760. The van der Waals surface area contributed by atoms with Crippen LogP contribution in [0.2, 0.25) is 0 Å². The molecule has 1 aromatic heterocycles. The highest BCUT2D eigenvalue weighted by atomic mass is 16.5. The summed E-state index contributed by atoms with van der Waals surface area (Å²) in [5.74, 6) is 0.235. The zero-order valence-electron chi connectivity index (χ0n) is 11.5. The van der Waals surface area contributed by atoms with Crippen molar-refractivity contribution in [1.29, 1.82) is 0 Å². The molecule has 0 aliphatic carbocycles. The molecule has 1 atom stereocenters. The van der Waals surface area contributed by atoms with Crippen LogP contribution < -0.4 is 10.2 Å². The van der Waals surface area contributed by atoms with Crippen molar-refractivity contribution in [1.82, 2.24) is 20.5 Å². The number of anilines is 1. The Balaban J connectivity index is 2.23. The lowest BCUT2D eigenvalue weighted by Crippen LogP contribution is -2.56. The fourth-order valence-corrected chi connectivity index (χ4v) is 1.96. The molecule has 0 bridgehead atoms. The molecule has 0 saturated carbocycles. The lowest BCUT2D eigenvalue weighted by atomic mass is 10.2. The largest absolute Gasteiger partial charge is 0.464 e. The third kappa shape index (κ3) is 2.98. The minimum Gasteiger partial charge on any atom is -0.464 e. The molecule has 0 spiro atoms. The number of carbonyl (C=O) groups excluding carboxylic acids is 1. The van der Waals surface area contributed by atoms with Crippen molar-refractivity contribution in [2.75, 3.05) is 31.1 Å². The van der Waals surface area contributed by atoms with Crippen molar-refractivity contribution in [3.05, 3.63) is 11.4 Å². The molecule has 7 heteroatoms. The van der Waals surface area contributed by atoms with Gasteiger partial charge < -0.3 is 15.0 Å². The van der Waals surface area contributed by atoms with Crippen LogP contribution in [-0.2, 0) is 9.53 Å². The molecule has 1 aliphatic rings. The maximum atomic E-state index is 12.0. The summed E-state index contributed by atoms with van der Waals surface area (Å²) in [6.07, 6.45) is 0. The average Bonchev–Trinajstić information content (AvgIpc) is 2.42. The summed E-state index contributed by atoms with van der Waals surface area (Å²) in [4.78, 5) is 18.2. The molecule has 1 N–H and O–H groups in total. The number of piperazine rings is 1. The van der Waals surface area contributed by atoms with E-state index in [1.807, 2.05) is 18.7 Å². The van der Waals surface area contributed by atoms with Gasteiger partial charge in [0.15, 0.2) is 0 Å². The van der Waals surface area contributed by atoms with Crippen molar-refractivity contribution < 1.29 is 9.53 Å². The number of nitrogens with one attached hydrogen (secondary N) is 1. The summed E-state index contributed by atoms with van der Waals surface area (Å²) in [5.41, 5.74) is 1.62. The molecule has 1 aliphatic heterocycles. The maximum absolute atomic E-state index is 12.0. The Morgan fingerprint density at radius 1 is 1.42 bits per heavy atom. The van der Waals surface area contributed by atoms with Crippen molar-refractivity contribution >= 4 is 11.9 Å². The fraction of sp³-hybridized carbons (Fsp3) is 0.667. The van der Waals surface area contributed by atoms with E-state index in [0.29, 0.717) is 25.6 Å². The molecule has 104 valence electrons. The van der Waals surface area contributed by atoms with Gasteiger partial charge in [-0.15, -0.1) is 5.10 Å². The van der Waals surface area contributed by atoms with E-state index in [9.17, 15) is 4.79 Å². The van der Waals surface area contributed by atoms with E-state index in [1.54, 1.807) is 6.92 Å². The minimum absolute atomic E-state index is 0.253. The number of aromatic nitrogens is 3. The van der Waals surface area contributed by atoms with Gasteiger partial charge in [-0.05, 0) is 20.8 Å². The summed E-state index contributed by atoms with van der Waals surface area (Å²) >= 11 is 0. The molecule has 1 fully saturated rings. The second-order valence-corrected chi connectivity index (χ2v) is 4.45. The van der Waals surface area contributed by atoms with Crippen LogP contribution in [0.5, 0.6) is 0 Å². The Kier molecular flexibility index (Phi) is 4.26. The SMILES string of the molecule is CCOC(=O)C1CNCCN1c1nnc(C)c(C)n1. The van der Waals surface area contributed by atoms with Gasteiger partial charge in [0.1, 0.15) is 6.04 Å². The molecule has 0 radical (unpaired) electrons.